The van der Waals surface area contributed by atoms with Gasteiger partial charge in [0.15, 0.2) is 0 Å². The minimum atomic E-state index is -0.495. The number of nitro groups is 1. The first-order valence-corrected chi connectivity index (χ1v) is 10.9. The van der Waals surface area contributed by atoms with Crippen LogP contribution >= 0.6 is 11.8 Å². The summed E-state index contributed by atoms with van der Waals surface area (Å²) in [7, 11) is 0. The van der Waals surface area contributed by atoms with Crippen LogP contribution in [0.15, 0.2) is 77.7 Å². The van der Waals surface area contributed by atoms with Gasteiger partial charge in [-0.15, -0.1) is 11.8 Å². The zero-order valence-electron chi connectivity index (χ0n) is 17.7. The summed E-state index contributed by atoms with van der Waals surface area (Å²) in [6.45, 7) is 3.53. The highest BCUT2D eigenvalue weighted by Crippen LogP contribution is 2.28. The average molecular weight is 450 g/mol. The van der Waals surface area contributed by atoms with Gasteiger partial charge in [0.2, 0.25) is 11.8 Å². The first-order chi connectivity index (χ1) is 15.3. The molecule has 0 spiro atoms. The monoisotopic (exact) mass is 449 g/mol. The number of nitrogens with one attached hydrogen (secondary N) is 2. The maximum atomic E-state index is 12.6. The Balaban J connectivity index is 1.61. The van der Waals surface area contributed by atoms with E-state index < -0.39 is 10.2 Å². The summed E-state index contributed by atoms with van der Waals surface area (Å²) in [4.78, 5) is 36.3. The zero-order valence-corrected chi connectivity index (χ0v) is 18.5. The van der Waals surface area contributed by atoms with Gasteiger partial charge >= 0.3 is 0 Å². The van der Waals surface area contributed by atoms with Gasteiger partial charge in [0, 0.05) is 22.7 Å². The van der Waals surface area contributed by atoms with Crippen LogP contribution in [0.4, 0.5) is 17.1 Å². The fourth-order valence-electron chi connectivity index (χ4n) is 2.98. The molecule has 0 aliphatic rings. The van der Waals surface area contributed by atoms with Crippen molar-refractivity contribution in [3.05, 3.63) is 94.0 Å². The van der Waals surface area contributed by atoms with Crippen molar-refractivity contribution in [2.75, 3.05) is 10.6 Å². The SMILES string of the molecule is Cc1ccc([N+](=O)[O-])cc1NC(=O)C(C)Sc1cccc(NC(=O)Cc2ccccc2)c1. The molecule has 32 heavy (non-hydrogen) atoms. The molecule has 0 radical (unpaired) electrons. The Kier molecular flexibility index (Phi) is 7.62. The van der Waals surface area contributed by atoms with Crippen molar-refractivity contribution in [1.29, 1.82) is 0 Å². The fourth-order valence-corrected chi connectivity index (χ4v) is 3.91. The van der Waals surface area contributed by atoms with Gasteiger partial charge in [-0.2, -0.15) is 0 Å². The summed E-state index contributed by atoms with van der Waals surface area (Å²) in [5.74, 6) is -0.387. The van der Waals surface area contributed by atoms with E-state index in [4.69, 9.17) is 0 Å². The predicted octanol–water partition coefficient (Wildman–Crippen LogP) is 5.20. The number of non-ortho nitro benzene ring substituents is 1. The molecule has 7 nitrogen and oxygen atoms in total. The van der Waals surface area contributed by atoms with E-state index in [0.29, 0.717) is 11.4 Å². The Bertz CT molecular complexity index is 1140. The number of carbonyl (C=O) groups is 2. The molecular weight excluding hydrogens is 426 g/mol. The second kappa shape index (κ2) is 10.6. The largest absolute Gasteiger partial charge is 0.326 e. The molecule has 2 N–H and O–H groups in total. The number of anilines is 2. The number of rotatable bonds is 8. The number of amides is 2. The molecule has 0 aliphatic heterocycles. The second-order valence-electron chi connectivity index (χ2n) is 7.24. The molecule has 164 valence electrons. The topological polar surface area (TPSA) is 101 Å². The highest BCUT2D eigenvalue weighted by molar-refractivity contribution is 8.00. The average Bonchev–Trinajstić information content (AvgIpc) is 2.76. The van der Waals surface area contributed by atoms with Crippen molar-refractivity contribution in [2.24, 2.45) is 0 Å². The van der Waals surface area contributed by atoms with Gasteiger partial charge in [0.25, 0.3) is 5.69 Å². The number of hydrogen-bond acceptors (Lipinski definition) is 5. The Morgan fingerprint density at radius 2 is 1.75 bits per heavy atom. The molecule has 0 heterocycles. The van der Waals surface area contributed by atoms with Crippen LogP contribution in [0.3, 0.4) is 0 Å². The van der Waals surface area contributed by atoms with E-state index in [2.05, 4.69) is 10.6 Å². The Hall–Kier alpha value is -3.65. The van der Waals surface area contributed by atoms with Crippen LogP contribution < -0.4 is 10.6 Å². The van der Waals surface area contributed by atoms with Crippen LogP contribution in [0.2, 0.25) is 0 Å². The van der Waals surface area contributed by atoms with Crippen molar-refractivity contribution < 1.29 is 14.5 Å². The molecule has 0 aliphatic carbocycles. The summed E-state index contributed by atoms with van der Waals surface area (Å²) in [6.07, 6.45) is 0.277. The lowest BCUT2D eigenvalue weighted by molar-refractivity contribution is -0.384. The van der Waals surface area contributed by atoms with Gasteiger partial charge in [-0.05, 0) is 43.2 Å². The summed E-state index contributed by atoms with van der Waals surface area (Å²) >= 11 is 1.34. The van der Waals surface area contributed by atoms with Gasteiger partial charge in [-0.25, -0.2) is 0 Å². The quantitative estimate of drug-likeness (QED) is 0.279. The lowest BCUT2D eigenvalue weighted by atomic mass is 10.1. The van der Waals surface area contributed by atoms with E-state index in [1.54, 1.807) is 26.0 Å². The standard InChI is InChI=1S/C24H23N3O4S/c1-16-11-12-20(27(30)31)15-22(16)26-24(29)17(2)32-21-10-6-9-19(14-21)25-23(28)13-18-7-4-3-5-8-18/h3-12,14-15,17H,13H2,1-2H3,(H,25,28)(H,26,29). The molecule has 3 aromatic carbocycles. The van der Waals surface area contributed by atoms with E-state index in [9.17, 15) is 19.7 Å². The van der Waals surface area contributed by atoms with E-state index >= 15 is 0 Å². The van der Waals surface area contributed by atoms with Gasteiger partial charge in [0.1, 0.15) is 0 Å². The maximum absolute atomic E-state index is 12.6. The highest BCUT2D eigenvalue weighted by atomic mass is 32.2. The molecule has 8 heteroatoms. The minimum Gasteiger partial charge on any atom is -0.326 e. The highest BCUT2D eigenvalue weighted by Gasteiger charge is 2.17. The second-order valence-corrected chi connectivity index (χ2v) is 8.66. The molecule has 1 atom stereocenters. The molecule has 0 bridgehead atoms. The Morgan fingerprint density at radius 1 is 1.00 bits per heavy atom. The third kappa shape index (κ3) is 6.42. The molecule has 3 aromatic rings. The van der Waals surface area contributed by atoms with Crippen LogP contribution in [0.1, 0.15) is 18.1 Å². The van der Waals surface area contributed by atoms with Crippen LogP contribution in [-0.4, -0.2) is 22.0 Å². The molecule has 1 unspecified atom stereocenters. The summed E-state index contributed by atoms with van der Waals surface area (Å²) in [5, 5.41) is 16.2. The molecule has 2 amide bonds. The first kappa shape index (κ1) is 23.0. The predicted molar refractivity (Wildman–Crippen MR) is 127 cm³/mol. The lowest BCUT2D eigenvalue weighted by Gasteiger charge is -2.14. The molecule has 0 fully saturated rings. The van der Waals surface area contributed by atoms with Crippen molar-refractivity contribution in [1.82, 2.24) is 0 Å². The maximum Gasteiger partial charge on any atom is 0.271 e. The number of carbonyl (C=O) groups excluding carboxylic acids is 2. The Morgan fingerprint density at radius 3 is 2.47 bits per heavy atom. The smallest absolute Gasteiger partial charge is 0.271 e. The van der Waals surface area contributed by atoms with Crippen molar-refractivity contribution in [3.63, 3.8) is 0 Å². The van der Waals surface area contributed by atoms with Gasteiger partial charge in [0.05, 0.1) is 22.3 Å². The van der Waals surface area contributed by atoms with Crippen LogP contribution in [0.5, 0.6) is 0 Å². The van der Waals surface area contributed by atoms with E-state index in [0.717, 1.165) is 16.0 Å². The van der Waals surface area contributed by atoms with Crippen LogP contribution in [0, 0.1) is 17.0 Å². The molecule has 0 saturated heterocycles. The van der Waals surface area contributed by atoms with Crippen molar-refractivity contribution in [3.8, 4) is 0 Å². The fraction of sp³-hybridized carbons (Fsp3) is 0.167. The van der Waals surface area contributed by atoms with Crippen LogP contribution in [-0.2, 0) is 16.0 Å². The van der Waals surface area contributed by atoms with Gasteiger partial charge < -0.3 is 10.6 Å². The molecular formula is C24H23N3O4S. The van der Waals surface area contributed by atoms with Crippen molar-refractivity contribution in [2.45, 2.75) is 30.4 Å². The number of aryl methyl sites for hydroxylation is 1. The molecule has 3 rings (SSSR count). The third-order valence-electron chi connectivity index (χ3n) is 4.70. The molecule has 0 aromatic heterocycles. The molecule has 0 saturated carbocycles. The number of nitrogens with zero attached hydrogens (tertiary/aromatic N) is 1. The zero-order chi connectivity index (χ0) is 23.1. The lowest BCUT2D eigenvalue weighted by Crippen LogP contribution is -2.23. The first-order valence-electron chi connectivity index (χ1n) is 9.98. The number of thioether (sulfide) groups is 1. The normalized spacial score (nSPS) is 11.4. The van der Waals surface area contributed by atoms with E-state index in [1.807, 2.05) is 48.5 Å². The Labute approximate surface area is 190 Å². The summed E-state index contributed by atoms with van der Waals surface area (Å²) in [6, 6.07) is 21.1. The minimum absolute atomic E-state index is 0.0786. The van der Waals surface area contributed by atoms with Gasteiger partial charge in [-0.3, -0.25) is 19.7 Å². The summed E-state index contributed by atoms with van der Waals surface area (Å²) in [5.41, 5.74) is 2.66. The van der Waals surface area contributed by atoms with Gasteiger partial charge in [-0.1, -0.05) is 42.5 Å². The van der Waals surface area contributed by atoms with Crippen LogP contribution in [0.25, 0.3) is 0 Å². The third-order valence-corrected chi connectivity index (χ3v) is 5.79. The van der Waals surface area contributed by atoms with Crippen molar-refractivity contribution >= 4 is 40.6 Å². The number of hydrogen-bond donors (Lipinski definition) is 2. The number of benzene rings is 3. The van der Waals surface area contributed by atoms with E-state index in [1.165, 1.54) is 23.9 Å². The number of nitro benzene ring substituents is 1. The summed E-state index contributed by atoms with van der Waals surface area (Å²) < 4.78 is 0. The van der Waals surface area contributed by atoms with E-state index in [-0.39, 0.29) is 23.9 Å².